The normalized spacial score (nSPS) is 12.0. The fourth-order valence-corrected chi connectivity index (χ4v) is 3.95. The first-order chi connectivity index (χ1) is 17.3. The molecule has 1 N–H and O–H groups in total. The molecule has 0 bridgehead atoms. The Hall–Kier alpha value is -4.14. The van der Waals surface area contributed by atoms with Crippen molar-refractivity contribution in [2.75, 3.05) is 11.4 Å². The third-order valence-electron chi connectivity index (χ3n) is 5.80. The van der Waals surface area contributed by atoms with Crippen molar-refractivity contribution in [1.29, 1.82) is 0 Å². The summed E-state index contributed by atoms with van der Waals surface area (Å²) in [4.78, 5) is 28.4. The first-order valence-corrected chi connectivity index (χ1v) is 11.7. The second kappa shape index (κ2) is 11.1. The lowest BCUT2D eigenvalue weighted by atomic mass is 10.0. The molecule has 36 heavy (non-hydrogen) atoms. The summed E-state index contributed by atoms with van der Waals surface area (Å²) in [5.41, 5.74) is 1.50. The number of aromatic nitrogens is 3. The van der Waals surface area contributed by atoms with Crippen molar-refractivity contribution >= 4 is 28.5 Å². The Bertz CT molecular complexity index is 1350. The average Bonchev–Trinajstić information content (AvgIpc) is 3.26. The summed E-state index contributed by atoms with van der Waals surface area (Å²) in [5, 5.41) is 11.0. The maximum Gasteiger partial charge on any atom is 0.249 e. The molecule has 1 aromatic heterocycles. The van der Waals surface area contributed by atoms with Crippen LogP contribution in [-0.2, 0) is 16.1 Å². The Kier molecular flexibility index (Phi) is 7.68. The number of para-hydroxylation sites is 2. The number of halogens is 2. The molecule has 3 aromatic carbocycles. The lowest BCUT2D eigenvalue weighted by molar-refractivity contribution is -0.127. The van der Waals surface area contributed by atoms with Gasteiger partial charge in [-0.15, -0.1) is 5.10 Å². The van der Waals surface area contributed by atoms with Gasteiger partial charge in [0.15, 0.2) is 0 Å². The molecule has 9 heteroatoms. The molecule has 1 heterocycles. The Morgan fingerprint density at radius 1 is 0.972 bits per heavy atom. The largest absolute Gasteiger partial charge is 0.354 e. The van der Waals surface area contributed by atoms with E-state index in [1.807, 2.05) is 13.8 Å². The van der Waals surface area contributed by atoms with Crippen molar-refractivity contribution in [3.05, 3.63) is 90.0 Å². The number of carbonyl (C=O) groups is 2. The van der Waals surface area contributed by atoms with Gasteiger partial charge in [0, 0.05) is 6.54 Å². The second-order valence-corrected chi connectivity index (χ2v) is 8.88. The Labute approximate surface area is 207 Å². The number of hydrogen-bond acceptors (Lipinski definition) is 4. The quantitative estimate of drug-likeness (QED) is 0.370. The predicted octanol–water partition coefficient (Wildman–Crippen LogP) is 4.65. The molecule has 0 aliphatic heterocycles. The molecule has 0 saturated carbocycles. The van der Waals surface area contributed by atoms with Crippen LogP contribution in [-0.4, -0.2) is 33.4 Å². The van der Waals surface area contributed by atoms with Crippen LogP contribution >= 0.6 is 0 Å². The number of benzene rings is 3. The van der Waals surface area contributed by atoms with Gasteiger partial charge in [-0.2, -0.15) is 0 Å². The minimum atomic E-state index is -1.24. The van der Waals surface area contributed by atoms with Crippen LogP contribution in [0.15, 0.2) is 72.8 Å². The molecule has 4 rings (SSSR count). The van der Waals surface area contributed by atoms with E-state index in [1.54, 1.807) is 30.3 Å². The van der Waals surface area contributed by atoms with E-state index in [4.69, 9.17) is 0 Å². The fourth-order valence-electron chi connectivity index (χ4n) is 3.95. The van der Waals surface area contributed by atoms with Gasteiger partial charge in [-0.1, -0.05) is 55.5 Å². The van der Waals surface area contributed by atoms with Crippen molar-refractivity contribution < 1.29 is 18.4 Å². The first-order valence-electron chi connectivity index (χ1n) is 11.7. The molecule has 0 radical (unpaired) electrons. The van der Waals surface area contributed by atoms with Gasteiger partial charge < -0.3 is 5.32 Å². The van der Waals surface area contributed by atoms with Gasteiger partial charge in [-0.25, -0.2) is 13.5 Å². The van der Waals surface area contributed by atoms with Crippen molar-refractivity contribution in [2.24, 2.45) is 5.92 Å². The topological polar surface area (TPSA) is 80.1 Å². The predicted molar refractivity (Wildman–Crippen MR) is 133 cm³/mol. The van der Waals surface area contributed by atoms with Gasteiger partial charge in [-0.3, -0.25) is 14.5 Å². The van der Waals surface area contributed by atoms with E-state index in [-0.39, 0.29) is 12.2 Å². The van der Waals surface area contributed by atoms with Crippen LogP contribution in [0.4, 0.5) is 14.5 Å². The van der Waals surface area contributed by atoms with Crippen LogP contribution < -0.4 is 10.2 Å². The molecule has 4 aromatic rings. The summed E-state index contributed by atoms with van der Waals surface area (Å²) >= 11 is 0. The zero-order valence-electron chi connectivity index (χ0n) is 20.1. The first kappa shape index (κ1) is 25.0. The molecule has 2 amide bonds. The van der Waals surface area contributed by atoms with E-state index in [1.165, 1.54) is 47.1 Å². The van der Waals surface area contributed by atoms with E-state index < -0.39 is 29.5 Å². The van der Waals surface area contributed by atoms with Crippen LogP contribution in [0.25, 0.3) is 11.0 Å². The van der Waals surface area contributed by atoms with E-state index in [0.717, 1.165) is 11.3 Å². The van der Waals surface area contributed by atoms with Crippen molar-refractivity contribution in [3.8, 4) is 0 Å². The molecular weight excluding hydrogens is 464 g/mol. The molecule has 0 aliphatic rings. The third kappa shape index (κ3) is 5.56. The standard InChI is InChI=1S/C27H27F2N5O2/c1-18(2)15-16-30-27(36)26(19-11-13-20(28)14-12-19)34(23-9-5-3-7-21(23)29)25(35)17-33-24-10-6-4-8-22(24)31-32-33/h3-14,18,26H,15-17H2,1-2H3,(H,30,36). The number of nitrogens with zero attached hydrogens (tertiary/aromatic N) is 4. The SMILES string of the molecule is CC(C)CCNC(=O)C(c1ccc(F)cc1)N(C(=O)Cn1nnc2ccccc21)c1ccccc1F. The average molecular weight is 492 g/mol. The molecule has 0 saturated heterocycles. The van der Waals surface area contributed by atoms with Gasteiger partial charge in [0.1, 0.15) is 29.7 Å². The highest BCUT2D eigenvalue weighted by Crippen LogP contribution is 2.31. The number of rotatable bonds is 9. The van der Waals surface area contributed by atoms with Gasteiger partial charge >= 0.3 is 0 Å². The van der Waals surface area contributed by atoms with Gasteiger partial charge in [-0.05, 0) is 54.3 Å². The van der Waals surface area contributed by atoms with E-state index in [0.29, 0.717) is 29.1 Å². The fraction of sp³-hybridized carbons (Fsp3) is 0.259. The minimum Gasteiger partial charge on any atom is -0.354 e. The number of nitrogens with one attached hydrogen (secondary N) is 1. The van der Waals surface area contributed by atoms with Crippen LogP contribution in [0.5, 0.6) is 0 Å². The second-order valence-electron chi connectivity index (χ2n) is 8.88. The number of carbonyl (C=O) groups excluding carboxylic acids is 2. The molecule has 0 aliphatic carbocycles. The minimum absolute atomic E-state index is 0.0692. The highest BCUT2D eigenvalue weighted by atomic mass is 19.1. The van der Waals surface area contributed by atoms with E-state index in [2.05, 4.69) is 15.6 Å². The van der Waals surface area contributed by atoms with Crippen LogP contribution in [0.2, 0.25) is 0 Å². The zero-order chi connectivity index (χ0) is 25.7. The zero-order valence-corrected chi connectivity index (χ0v) is 20.1. The monoisotopic (exact) mass is 491 g/mol. The van der Waals surface area contributed by atoms with Gasteiger partial charge in [0.25, 0.3) is 0 Å². The Balaban J connectivity index is 1.77. The van der Waals surface area contributed by atoms with Gasteiger partial charge in [0.2, 0.25) is 11.8 Å². The highest BCUT2D eigenvalue weighted by molar-refractivity contribution is 6.01. The molecule has 0 spiro atoms. The maximum absolute atomic E-state index is 15.1. The Morgan fingerprint density at radius 2 is 1.67 bits per heavy atom. The van der Waals surface area contributed by atoms with Crippen LogP contribution in [0, 0.1) is 17.6 Å². The smallest absolute Gasteiger partial charge is 0.249 e. The summed E-state index contributed by atoms with van der Waals surface area (Å²) in [5.74, 6) is -1.89. The molecule has 7 nitrogen and oxygen atoms in total. The van der Waals surface area contributed by atoms with Crippen molar-refractivity contribution in [1.82, 2.24) is 20.3 Å². The summed E-state index contributed by atoms with van der Waals surface area (Å²) in [6, 6.07) is 16.9. The number of hydrogen-bond donors (Lipinski definition) is 1. The highest BCUT2D eigenvalue weighted by Gasteiger charge is 2.34. The summed E-state index contributed by atoms with van der Waals surface area (Å²) in [6.45, 7) is 4.15. The van der Waals surface area contributed by atoms with Gasteiger partial charge in [0.05, 0.1) is 11.2 Å². The molecule has 0 fully saturated rings. The van der Waals surface area contributed by atoms with Crippen molar-refractivity contribution in [2.45, 2.75) is 32.9 Å². The lowest BCUT2D eigenvalue weighted by Gasteiger charge is -2.32. The third-order valence-corrected chi connectivity index (χ3v) is 5.80. The number of anilines is 1. The van der Waals surface area contributed by atoms with Crippen LogP contribution in [0.3, 0.4) is 0 Å². The van der Waals surface area contributed by atoms with E-state index >= 15 is 4.39 Å². The lowest BCUT2D eigenvalue weighted by Crippen LogP contribution is -2.46. The molecule has 186 valence electrons. The number of amides is 2. The summed E-state index contributed by atoms with van der Waals surface area (Å²) in [6.07, 6.45) is 0.723. The molecular formula is C27H27F2N5O2. The molecule has 1 atom stereocenters. The molecule has 1 unspecified atom stereocenters. The maximum atomic E-state index is 15.1. The Morgan fingerprint density at radius 3 is 2.39 bits per heavy atom. The number of fused-ring (bicyclic) bond motifs is 1. The van der Waals surface area contributed by atoms with Crippen molar-refractivity contribution in [3.63, 3.8) is 0 Å². The van der Waals surface area contributed by atoms with E-state index in [9.17, 15) is 14.0 Å². The summed E-state index contributed by atoms with van der Waals surface area (Å²) in [7, 11) is 0. The summed E-state index contributed by atoms with van der Waals surface area (Å²) < 4.78 is 30.2. The van der Waals surface area contributed by atoms with Crippen LogP contribution in [0.1, 0.15) is 31.9 Å².